The third kappa shape index (κ3) is 2.66. The number of piperidine rings is 1. The molecule has 0 radical (unpaired) electrons. The lowest BCUT2D eigenvalue weighted by Gasteiger charge is -2.42. The Hall–Kier alpha value is -1.16. The molecule has 1 heterocycles. The first-order chi connectivity index (χ1) is 9.65. The zero-order valence-corrected chi connectivity index (χ0v) is 12.5. The van der Waals surface area contributed by atoms with Crippen molar-refractivity contribution in [3.63, 3.8) is 0 Å². The Labute approximate surface area is 125 Å². The number of fused-ring (bicyclic) bond motifs is 1. The van der Waals surface area contributed by atoms with Crippen LogP contribution in [-0.4, -0.2) is 18.1 Å². The van der Waals surface area contributed by atoms with Gasteiger partial charge in [0, 0.05) is 24.3 Å². The minimum atomic E-state index is -0.274. The number of thiocarbonyl (C=S) groups is 1. The Morgan fingerprint density at radius 2 is 1.95 bits per heavy atom. The molecular formula is C16H21FN2S. The Balaban J connectivity index is 1.84. The van der Waals surface area contributed by atoms with E-state index in [9.17, 15) is 4.39 Å². The third-order valence-corrected chi connectivity index (χ3v) is 5.08. The molecule has 20 heavy (non-hydrogen) atoms. The summed E-state index contributed by atoms with van der Waals surface area (Å²) >= 11 is 5.08. The number of benzene rings is 1. The highest BCUT2D eigenvalue weighted by Gasteiger charge is 2.31. The van der Waals surface area contributed by atoms with E-state index in [0.717, 1.165) is 30.6 Å². The van der Waals surface area contributed by atoms with Crippen LogP contribution in [0.15, 0.2) is 18.2 Å². The average Bonchev–Trinajstić information content (AvgIpc) is 2.46. The maximum Gasteiger partial charge on any atom is 0.124 e. The molecule has 2 fully saturated rings. The smallest absolute Gasteiger partial charge is 0.124 e. The fraction of sp³-hybridized carbons (Fsp3) is 0.562. The van der Waals surface area contributed by atoms with Crippen LogP contribution in [0.5, 0.6) is 0 Å². The van der Waals surface area contributed by atoms with E-state index in [0.29, 0.717) is 5.56 Å². The van der Waals surface area contributed by atoms with E-state index in [1.807, 2.05) is 6.07 Å². The number of nitrogens with two attached hydrogens (primary N) is 1. The molecule has 0 aromatic heterocycles. The van der Waals surface area contributed by atoms with Crippen LogP contribution in [0.4, 0.5) is 10.1 Å². The second kappa shape index (κ2) is 5.68. The van der Waals surface area contributed by atoms with Gasteiger partial charge in [0.25, 0.3) is 0 Å². The molecule has 2 N–H and O–H groups in total. The lowest BCUT2D eigenvalue weighted by atomic mass is 9.75. The van der Waals surface area contributed by atoms with Gasteiger partial charge in [0.2, 0.25) is 0 Å². The molecule has 4 heteroatoms. The molecule has 2 nitrogen and oxygen atoms in total. The van der Waals surface area contributed by atoms with Crippen molar-refractivity contribution < 1.29 is 4.39 Å². The van der Waals surface area contributed by atoms with Crippen molar-refractivity contribution in [1.82, 2.24) is 0 Å². The zero-order valence-electron chi connectivity index (χ0n) is 11.6. The van der Waals surface area contributed by atoms with Crippen molar-refractivity contribution in [2.75, 3.05) is 18.0 Å². The summed E-state index contributed by atoms with van der Waals surface area (Å²) in [4.78, 5) is 2.63. The number of rotatable bonds is 2. The molecule has 0 spiro atoms. The highest BCUT2D eigenvalue weighted by atomic mass is 32.1. The van der Waals surface area contributed by atoms with E-state index < -0.39 is 0 Å². The van der Waals surface area contributed by atoms with Gasteiger partial charge in [-0.2, -0.15) is 0 Å². The second-order valence-corrected chi connectivity index (χ2v) is 6.50. The second-order valence-electron chi connectivity index (χ2n) is 6.07. The van der Waals surface area contributed by atoms with Gasteiger partial charge in [0.05, 0.1) is 0 Å². The first kappa shape index (κ1) is 13.8. The first-order valence-electron chi connectivity index (χ1n) is 7.49. The predicted molar refractivity (Wildman–Crippen MR) is 84.6 cm³/mol. The van der Waals surface area contributed by atoms with Gasteiger partial charge < -0.3 is 10.6 Å². The summed E-state index contributed by atoms with van der Waals surface area (Å²) in [7, 11) is 0. The number of hydrogen-bond donors (Lipinski definition) is 1. The molecule has 1 aromatic rings. The van der Waals surface area contributed by atoms with E-state index in [4.69, 9.17) is 18.0 Å². The monoisotopic (exact) mass is 292 g/mol. The summed E-state index contributed by atoms with van der Waals surface area (Å²) in [6.45, 7) is 2.09. The lowest BCUT2D eigenvalue weighted by Crippen LogP contribution is -2.42. The molecule has 0 bridgehead atoms. The van der Waals surface area contributed by atoms with Crippen molar-refractivity contribution in [2.24, 2.45) is 17.6 Å². The van der Waals surface area contributed by atoms with Crippen LogP contribution in [0.2, 0.25) is 0 Å². The fourth-order valence-electron chi connectivity index (χ4n) is 3.80. The fourth-order valence-corrected chi connectivity index (χ4v) is 3.96. The van der Waals surface area contributed by atoms with Gasteiger partial charge in [0.1, 0.15) is 10.8 Å². The molecule has 2 unspecified atom stereocenters. The summed E-state index contributed by atoms with van der Waals surface area (Å²) in [6, 6.07) is 4.79. The van der Waals surface area contributed by atoms with E-state index in [2.05, 4.69) is 4.90 Å². The summed E-state index contributed by atoms with van der Waals surface area (Å²) in [6.07, 6.45) is 6.67. The topological polar surface area (TPSA) is 29.3 Å². The van der Waals surface area contributed by atoms with E-state index in [1.54, 1.807) is 0 Å². The first-order valence-corrected chi connectivity index (χ1v) is 7.90. The Morgan fingerprint density at radius 1 is 1.20 bits per heavy atom. The normalized spacial score (nSPS) is 26.1. The van der Waals surface area contributed by atoms with Crippen LogP contribution in [0.1, 0.15) is 37.7 Å². The number of anilines is 1. The largest absolute Gasteiger partial charge is 0.389 e. The Kier molecular flexibility index (Phi) is 3.92. The molecule has 1 aromatic carbocycles. The summed E-state index contributed by atoms with van der Waals surface area (Å²) in [5, 5.41) is 0. The van der Waals surface area contributed by atoms with Crippen LogP contribution >= 0.6 is 12.2 Å². The van der Waals surface area contributed by atoms with Crippen LogP contribution in [-0.2, 0) is 0 Å². The van der Waals surface area contributed by atoms with E-state index >= 15 is 0 Å². The number of nitrogens with zero attached hydrogens (tertiary/aromatic N) is 1. The lowest BCUT2D eigenvalue weighted by molar-refractivity contribution is 0.202. The van der Waals surface area contributed by atoms with Crippen LogP contribution in [0.3, 0.4) is 0 Å². The summed E-state index contributed by atoms with van der Waals surface area (Å²) in [5.74, 6) is 1.39. The van der Waals surface area contributed by atoms with Crippen molar-refractivity contribution in [3.05, 3.63) is 29.6 Å². The van der Waals surface area contributed by atoms with Gasteiger partial charge in [-0.05, 0) is 42.9 Å². The SMILES string of the molecule is NC(=S)c1cc(F)ccc1N1CCC2CCCCC2C1. The van der Waals surface area contributed by atoms with Gasteiger partial charge in [-0.3, -0.25) is 0 Å². The Bertz CT molecular complexity index is 517. The highest BCUT2D eigenvalue weighted by molar-refractivity contribution is 7.80. The Morgan fingerprint density at radius 3 is 2.70 bits per heavy atom. The van der Waals surface area contributed by atoms with Crippen molar-refractivity contribution in [3.8, 4) is 0 Å². The maximum atomic E-state index is 13.4. The third-order valence-electron chi connectivity index (χ3n) is 4.86. The molecule has 0 amide bonds. The van der Waals surface area contributed by atoms with Crippen molar-refractivity contribution in [2.45, 2.75) is 32.1 Å². The van der Waals surface area contributed by atoms with E-state index in [1.165, 1.54) is 44.2 Å². The summed E-state index contributed by atoms with van der Waals surface area (Å²) < 4.78 is 13.4. The van der Waals surface area contributed by atoms with Crippen LogP contribution in [0.25, 0.3) is 0 Å². The van der Waals surface area contributed by atoms with Gasteiger partial charge in [0.15, 0.2) is 0 Å². The van der Waals surface area contributed by atoms with Gasteiger partial charge in [-0.15, -0.1) is 0 Å². The maximum absolute atomic E-state index is 13.4. The molecule has 2 aliphatic rings. The minimum absolute atomic E-state index is 0.274. The van der Waals surface area contributed by atoms with E-state index in [-0.39, 0.29) is 10.8 Å². The molecule has 1 saturated carbocycles. The molecule has 1 aliphatic carbocycles. The molecular weight excluding hydrogens is 271 g/mol. The quantitative estimate of drug-likeness (QED) is 0.846. The predicted octanol–water partition coefficient (Wildman–Crippen LogP) is 3.48. The molecule has 1 aliphatic heterocycles. The molecule has 2 atom stereocenters. The van der Waals surface area contributed by atoms with Crippen molar-refractivity contribution >= 4 is 22.9 Å². The molecule has 1 saturated heterocycles. The van der Waals surface area contributed by atoms with Gasteiger partial charge >= 0.3 is 0 Å². The summed E-state index contributed by atoms with van der Waals surface area (Å²) in [5.41, 5.74) is 7.44. The highest BCUT2D eigenvalue weighted by Crippen LogP contribution is 2.38. The molecule has 3 rings (SSSR count). The van der Waals surface area contributed by atoms with Gasteiger partial charge in [-0.25, -0.2) is 4.39 Å². The zero-order chi connectivity index (χ0) is 14.1. The standard InChI is InChI=1S/C16H21FN2S/c17-13-5-6-15(14(9-13)16(18)20)19-8-7-11-3-1-2-4-12(11)10-19/h5-6,9,11-12H,1-4,7-8,10H2,(H2,18,20). The molecule has 108 valence electrons. The van der Waals surface area contributed by atoms with Crippen molar-refractivity contribution in [1.29, 1.82) is 0 Å². The number of halogens is 1. The number of hydrogen-bond acceptors (Lipinski definition) is 2. The van der Waals surface area contributed by atoms with Gasteiger partial charge in [-0.1, -0.05) is 31.5 Å². The van der Waals surface area contributed by atoms with Crippen LogP contribution < -0.4 is 10.6 Å². The van der Waals surface area contributed by atoms with Crippen LogP contribution in [0, 0.1) is 17.7 Å². The average molecular weight is 292 g/mol. The minimum Gasteiger partial charge on any atom is -0.389 e.